The Morgan fingerprint density at radius 3 is 2.38 bits per heavy atom. The molecule has 0 amide bonds. The lowest BCUT2D eigenvalue weighted by atomic mass is 10.0. The van der Waals surface area contributed by atoms with Crippen LogP contribution in [-0.4, -0.2) is 37.1 Å². The van der Waals surface area contributed by atoms with Crippen molar-refractivity contribution < 1.29 is 28.2 Å². The number of benzene rings is 2. The molecule has 1 saturated heterocycles. The van der Waals surface area contributed by atoms with Crippen LogP contribution in [0.25, 0.3) is 11.1 Å². The molecule has 1 heterocycles. The van der Waals surface area contributed by atoms with E-state index in [4.69, 9.17) is 14.2 Å². The van der Waals surface area contributed by atoms with Gasteiger partial charge in [-0.15, -0.1) is 0 Å². The summed E-state index contributed by atoms with van der Waals surface area (Å²) in [7, 11) is 0. The molecule has 136 valence electrons. The summed E-state index contributed by atoms with van der Waals surface area (Å²) in [5, 5.41) is 0. The summed E-state index contributed by atoms with van der Waals surface area (Å²) in [4.78, 5) is 23.0. The lowest BCUT2D eigenvalue weighted by Crippen LogP contribution is -2.26. The molecule has 0 radical (unpaired) electrons. The van der Waals surface area contributed by atoms with Crippen LogP contribution in [0.5, 0.6) is 0 Å². The first kappa shape index (κ1) is 18.1. The van der Waals surface area contributed by atoms with Crippen LogP contribution in [-0.2, 0) is 19.0 Å². The van der Waals surface area contributed by atoms with Crippen molar-refractivity contribution in [2.24, 2.45) is 0 Å². The molecule has 0 aromatic heterocycles. The molecule has 6 heteroatoms. The van der Waals surface area contributed by atoms with Crippen LogP contribution in [0.15, 0.2) is 54.6 Å². The Balaban J connectivity index is 1.54. The van der Waals surface area contributed by atoms with Gasteiger partial charge in [0.05, 0.1) is 5.56 Å². The van der Waals surface area contributed by atoms with Gasteiger partial charge in [-0.1, -0.05) is 42.5 Å². The molecule has 0 N–H and O–H groups in total. The third kappa shape index (κ3) is 4.46. The molecule has 26 heavy (non-hydrogen) atoms. The Labute approximate surface area is 150 Å². The second kappa shape index (κ2) is 8.10. The van der Waals surface area contributed by atoms with E-state index in [2.05, 4.69) is 0 Å². The highest BCUT2D eigenvalue weighted by molar-refractivity contribution is 5.90. The first-order valence-electron chi connectivity index (χ1n) is 8.32. The van der Waals surface area contributed by atoms with Crippen molar-refractivity contribution in [3.05, 3.63) is 60.2 Å². The third-order valence-corrected chi connectivity index (χ3v) is 4.05. The minimum absolute atomic E-state index is 0.0619. The van der Waals surface area contributed by atoms with Crippen LogP contribution in [0.3, 0.4) is 0 Å². The molecule has 0 spiro atoms. The van der Waals surface area contributed by atoms with E-state index in [-0.39, 0.29) is 13.0 Å². The number of ether oxygens (including phenoxy) is 3. The van der Waals surface area contributed by atoms with E-state index in [1.165, 1.54) is 6.92 Å². The summed E-state index contributed by atoms with van der Waals surface area (Å²) >= 11 is 0. The molecule has 1 fully saturated rings. The van der Waals surface area contributed by atoms with E-state index in [0.29, 0.717) is 5.56 Å². The molecule has 0 saturated carbocycles. The molecule has 0 bridgehead atoms. The van der Waals surface area contributed by atoms with Crippen molar-refractivity contribution in [2.75, 3.05) is 6.61 Å². The number of hydrogen-bond donors (Lipinski definition) is 0. The summed E-state index contributed by atoms with van der Waals surface area (Å²) in [5.74, 6) is -1.10. The molecule has 0 aliphatic carbocycles. The number of esters is 2. The summed E-state index contributed by atoms with van der Waals surface area (Å²) in [6.07, 6.45) is -3.29. The smallest absolute Gasteiger partial charge is 0.338 e. The summed E-state index contributed by atoms with van der Waals surface area (Å²) < 4.78 is 29.1. The highest BCUT2D eigenvalue weighted by Crippen LogP contribution is 2.25. The molecular formula is C20H19FO5. The normalized spacial score (nSPS) is 22.0. The zero-order valence-electron chi connectivity index (χ0n) is 14.3. The van der Waals surface area contributed by atoms with Crippen LogP contribution in [0.4, 0.5) is 4.39 Å². The monoisotopic (exact) mass is 358 g/mol. The van der Waals surface area contributed by atoms with Crippen molar-refractivity contribution in [3.8, 4) is 11.1 Å². The molecule has 5 nitrogen and oxygen atoms in total. The fourth-order valence-electron chi connectivity index (χ4n) is 2.75. The van der Waals surface area contributed by atoms with E-state index in [1.807, 2.05) is 42.5 Å². The van der Waals surface area contributed by atoms with Crippen LogP contribution in [0.1, 0.15) is 23.7 Å². The minimum atomic E-state index is -1.35. The van der Waals surface area contributed by atoms with Gasteiger partial charge in [0, 0.05) is 13.3 Å². The zero-order valence-corrected chi connectivity index (χ0v) is 14.3. The molecule has 1 aliphatic rings. The van der Waals surface area contributed by atoms with Gasteiger partial charge in [0.15, 0.2) is 0 Å². The van der Waals surface area contributed by atoms with Crippen molar-refractivity contribution in [1.29, 1.82) is 0 Å². The zero-order chi connectivity index (χ0) is 18.5. The van der Waals surface area contributed by atoms with Crippen LogP contribution in [0.2, 0.25) is 0 Å². The maximum Gasteiger partial charge on any atom is 0.338 e. The van der Waals surface area contributed by atoms with Gasteiger partial charge < -0.3 is 14.2 Å². The molecule has 3 atom stereocenters. The van der Waals surface area contributed by atoms with Crippen LogP contribution in [0, 0.1) is 0 Å². The largest absolute Gasteiger partial charge is 0.459 e. The lowest BCUT2D eigenvalue weighted by Gasteiger charge is -2.14. The molecule has 1 aliphatic heterocycles. The Bertz CT molecular complexity index is 760. The van der Waals surface area contributed by atoms with E-state index < -0.39 is 30.5 Å². The maximum absolute atomic E-state index is 13.9. The van der Waals surface area contributed by atoms with Crippen LogP contribution < -0.4 is 0 Å². The standard InChI is InChI=1S/C20H19FO5/c1-13(22)25-19-11-17(21)18(26-19)12-24-20(23)16-9-7-15(8-10-16)14-5-3-2-4-6-14/h2-10,17-19H,11-12H2,1H3. The highest BCUT2D eigenvalue weighted by Gasteiger charge is 2.38. The number of carbonyl (C=O) groups excluding carboxylic acids is 2. The third-order valence-electron chi connectivity index (χ3n) is 4.05. The van der Waals surface area contributed by atoms with Gasteiger partial charge in [-0.05, 0) is 23.3 Å². The van der Waals surface area contributed by atoms with Gasteiger partial charge >= 0.3 is 11.9 Å². The number of halogens is 1. The number of hydrogen-bond acceptors (Lipinski definition) is 5. The first-order valence-corrected chi connectivity index (χ1v) is 8.32. The van der Waals surface area contributed by atoms with E-state index in [9.17, 15) is 14.0 Å². The first-order chi connectivity index (χ1) is 12.5. The van der Waals surface area contributed by atoms with Gasteiger partial charge in [0.25, 0.3) is 0 Å². The molecule has 2 aromatic carbocycles. The quantitative estimate of drug-likeness (QED) is 0.765. The lowest BCUT2D eigenvalue weighted by molar-refractivity contribution is -0.175. The number of carbonyl (C=O) groups is 2. The predicted octanol–water partition coefficient (Wildman–Crippen LogP) is 3.53. The number of rotatable bonds is 5. The average molecular weight is 358 g/mol. The maximum atomic E-state index is 13.9. The van der Waals surface area contributed by atoms with Crippen LogP contribution >= 0.6 is 0 Å². The van der Waals surface area contributed by atoms with E-state index in [0.717, 1.165) is 11.1 Å². The summed E-state index contributed by atoms with van der Waals surface area (Å²) in [6.45, 7) is 0.987. The summed E-state index contributed by atoms with van der Waals surface area (Å²) in [6, 6.07) is 16.7. The van der Waals surface area contributed by atoms with Gasteiger partial charge in [-0.3, -0.25) is 4.79 Å². The van der Waals surface area contributed by atoms with Crippen molar-refractivity contribution >= 4 is 11.9 Å². The highest BCUT2D eigenvalue weighted by atomic mass is 19.1. The minimum Gasteiger partial charge on any atom is -0.459 e. The molecule has 3 unspecified atom stereocenters. The van der Waals surface area contributed by atoms with Gasteiger partial charge in [-0.2, -0.15) is 0 Å². The van der Waals surface area contributed by atoms with Gasteiger partial charge in [-0.25, -0.2) is 9.18 Å². The Hall–Kier alpha value is -2.73. The second-order valence-electron chi connectivity index (χ2n) is 6.01. The Kier molecular flexibility index (Phi) is 5.63. The van der Waals surface area contributed by atoms with Crippen molar-refractivity contribution in [2.45, 2.75) is 31.9 Å². The predicted molar refractivity (Wildman–Crippen MR) is 92.1 cm³/mol. The Morgan fingerprint density at radius 1 is 1.08 bits per heavy atom. The van der Waals surface area contributed by atoms with Crippen molar-refractivity contribution in [3.63, 3.8) is 0 Å². The Morgan fingerprint density at radius 2 is 1.73 bits per heavy atom. The summed E-state index contributed by atoms with van der Waals surface area (Å²) in [5.41, 5.74) is 2.40. The molecular weight excluding hydrogens is 339 g/mol. The fourth-order valence-corrected chi connectivity index (χ4v) is 2.75. The topological polar surface area (TPSA) is 61.8 Å². The molecule has 2 aromatic rings. The second-order valence-corrected chi connectivity index (χ2v) is 6.01. The van der Waals surface area contributed by atoms with E-state index in [1.54, 1.807) is 12.1 Å². The van der Waals surface area contributed by atoms with E-state index >= 15 is 0 Å². The molecule has 3 rings (SSSR count). The number of alkyl halides is 1. The van der Waals surface area contributed by atoms with Gasteiger partial charge in [0.1, 0.15) is 18.9 Å². The SMILES string of the molecule is CC(=O)OC1CC(F)C(COC(=O)c2ccc(-c3ccccc3)cc2)O1. The van der Waals surface area contributed by atoms with Gasteiger partial charge in [0.2, 0.25) is 6.29 Å². The average Bonchev–Trinajstić information content (AvgIpc) is 2.99. The van der Waals surface area contributed by atoms with Crippen molar-refractivity contribution in [1.82, 2.24) is 0 Å². The fraction of sp³-hybridized carbons (Fsp3) is 0.300.